The number of amides is 1. The number of halogens is 1. The first-order valence-electron chi connectivity index (χ1n) is 5.74. The second-order valence-corrected chi connectivity index (χ2v) is 6.79. The molecule has 0 radical (unpaired) electrons. The lowest BCUT2D eigenvalue weighted by Crippen LogP contribution is -2.28. The number of hydrogen-bond donors (Lipinski definition) is 1. The maximum absolute atomic E-state index is 12.1. The van der Waals surface area contributed by atoms with Crippen molar-refractivity contribution in [1.82, 2.24) is 5.32 Å². The molecule has 4 heteroatoms. The summed E-state index contributed by atoms with van der Waals surface area (Å²) >= 11 is 3.76. The van der Waals surface area contributed by atoms with Gasteiger partial charge < -0.3 is 5.32 Å². The molecule has 1 aromatic carbocycles. The maximum Gasteiger partial charge on any atom is 0.252 e. The minimum atomic E-state index is -0.142. The van der Waals surface area contributed by atoms with E-state index < -0.39 is 0 Å². The molecule has 1 amide bonds. The van der Waals surface area contributed by atoms with Gasteiger partial charge in [0.2, 0.25) is 0 Å². The summed E-state index contributed by atoms with van der Waals surface area (Å²) in [5.74, 6) is 2.53. The van der Waals surface area contributed by atoms with E-state index in [2.05, 4.69) is 33.8 Å². The predicted octanol–water partition coefficient (Wildman–Crippen LogP) is 3.85. The van der Waals surface area contributed by atoms with Gasteiger partial charge in [-0.3, -0.25) is 4.79 Å². The fourth-order valence-corrected chi connectivity index (χ4v) is 3.05. The van der Waals surface area contributed by atoms with E-state index in [1.807, 2.05) is 41.8 Å². The summed E-state index contributed by atoms with van der Waals surface area (Å²) in [7, 11) is 0. The normalized spacial score (nSPS) is 11.6. The van der Waals surface area contributed by atoms with E-state index >= 15 is 0 Å². The second kappa shape index (κ2) is 6.73. The van der Waals surface area contributed by atoms with Crippen molar-refractivity contribution in [2.24, 2.45) is 0 Å². The zero-order chi connectivity index (χ0) is 13.7. The number of thiophene rings is 1. The molecule has 2 rings (SSSR count). The molecule has 1 atom stereocenters. The number of hydrogen-bond acceptors (Lipinski definition) is 2. The largest absolute Gasteiger partial charge is 0.344 e. The molecule has 1 N–H and O–H groups in total. The smallest absolute Gasteiger partial charge is 0.252 e. The van der Waals surface area contributed by atoms with E-state index in [0.29, 0.717) is 12.0 Å². The minimum Gasteiger partial charge on any atom is -0.344 e. The van der Waals surface area contributed by atoms with E-state index in [1.165, 1.54) is 0 Å². The van der Waals surface area contributed by atoms with Crippen molar-refractivity contribution >= 4 is 39.8 Å². The van der Waals surface area contributed by atoms with Crippen LogP contribution in [0.4, 0.5) is 0 Å². The first kappa shape index (κ1) is 14.1. The summed E-state index contributed by atoms with van der Waals surface area (Å²) in [6, 6.07) is 11.5. The molecule has 0 bridgehead atoms. The first-order chi connectivity index (χ1) is 9.20. The van der Waals surface area contributed by atoms with Gasteiger partial charge in [0.25, 0.3) is 5.91 Å². The Hall–Kier alpha value is -1.32. The molecule has 0 fully saturated rings. The minimum absolute atomic E-state index is 0.0803. The van der Waals surface area contributed by atoms with Gasteiger partial charge >= 0.3 is 0 Å². The zero-order valence-electron chi connectivity index (χ0n) is 10.1. The van der Waals surface area contributed by atoms with Crippen LogP contribution in [0, 0.1) is 15.2 Å². The summed E-state index contributed by atoms with van der Waals surface area (Å²) in [5.41, 5.74) is 1.71. The lowest BCUT2D eigenvalue weighted by atomic mass is 10.0. The Labute approximate surface area is 130 Å². The summed E-state index contributed by atoms with van der Waals surface area (Å²) in [4.78, 5) is 12.1. The van der Waals surface area contributed by atoms with Gasteiger partial charge in [-0.2, -0.15) is 0 Å². The Bertz CT molecular complexity index is 600. The lowest BCUT2D eigenvalue weighted by Gasteiger charge is -2.16. The van der Waals surface area contributed by atoms with E-state index in [4.69, 9.17) is 6.42 Å². The van der Waals surface area contributed by atoms with Gasteiger partial charge in [-0.05, 0) is 34.2 Å². The fourth-order valence-electron chi connectivity index (χ4n) is 1.73. The van der Waals surface area contributed by atoms with Gasteiger partial charge in [0.05, 0.1) is 14.5 Å². The van der Waals surface area contributed by atoms with Crippen molar-refractivity contribution in [3.05, 3.63) is 55.8 Å². The predicted molar refractivity (Wildman–Crippen MR) is 87.1 cm³/mol. The third kappa shape index (κ3) is 3.82. The molecule has 0 aliphatic heterocycles. The highest BCUT2D eigenvalue weighted by atomic mass is 127. The Morgan fingerprint density at radius 1 is 1.42 bits per heavy atom. The molecular weight excluding hydrogens is 369 g/mol. The van der Waals surface area contributed by atoms with Gasteiger partial charge in [-0.15, -0.1) is 23.7 Å². The van der Waals surface area contributed by atoms with Crippen molar-refractivity contribution in [3.63, 3.8) is 0 Å². The molecule has 0 aliphatic carbocycles. The van der Waals surface area contributed by atoms with Gasteiger partial charge in [0.1, 0.15) is 0 Å². The van der Waals surface area contributed by atoms with Crippen molar-refractivity contribution in [2.75, 3.05) is 0 Å². The van der Waals surface area contributed by atoms with E-state index in [-0.39, 0.29) is 11.9 Å². The van der Waals surface area contributed by atoms with Crippen molar-refractivity contribution < 1.29 is 4.79 Å². The summed E-state index contributed by atoms with van der Waals surface area (Å²) in [6.45, 7) is 0. The van der Waals surface area contributed by atoms with E-state index in [1.54, 1.807) is 11.3 Å². The van der Waals surface area contributed by atoms with Crippen LogP contribution in [-0.2, 0) is 0 Å². The quantitative estimate of drug-likeness (QED) is 0.633. The molecule has 2 aromatic rings. The molecule has 96 valence electrons. The number of rotatable bonds is 4. The number of benzene rings is 1. The standard InChI is InChI=1S/C15H12INOS/c1-2-6-13(11-7-4-3-5-8-11)17-15(18)12-9-14(16)19-10-12/h1,3-5,7-10,13H,6H2,(H,17,18)/t13-/m1/s1. The van der Waals surface area contributed by atoms with Gasteiger partial charge in [0.15, 0.2) is 0 Å². The number of carbonyl (C=O) groups excluding carboxylic acids is 1. The molecule has 0 saturated carbocycles. The second-order valence-electron chi connectivity index (χ2n) is 3.98. The Balaban J connectivity index is 2.14. The van der Waals surface area contributed by atoms with Crippen molar-refractivity contribution in [1.29, 1.82) is 0 Å². The van der Waals surface area contributed by atoms with Gasteiger partial charge in [0, 0.05) is 11.8 Å². The molecule has 0 aliphatic rings. The van der Waals surface area contributed by atoms with E-state index in [0.717, 1.165) is 8.45 Å². The third-order valence-electron chi connectivity index (χ3n) is 2.66. The van der Waals surface area contributed by atoms with Crippen LogP contribution in [-0.4, -0.2) is 5.91 Å². The first-order valence-corrected chi connectivity index (χ1v) is 7.70. The Morgan fingerprint density at radius 2 is 2.16 bits per heavy atom. The monoisotopic (exact) mass is 381 g/mol. The molecule has 2 nitrogen and oxygen atoms in total. The van der Waals surface area contributed by atoms with Gasteiger partial charge in [-0.1, -0.05) is 30.3 Å². The average Bonchev–Trinajstić information content (AvgIpc) is 2.86. The van der Waals surface area contributed by atoms with Crippen molar-refractivity contribution in [3.8, 4) is 12.3 Å². The van der Waals surface area contributed by atoms with Crippen molar-refractivity contribution in [2.45, 2.75) is 12.5 Å². The lowest BCUT2D eigenvalue weighted by molar-refractivity contribution is 0.0938. The van der Waals surface area contributed by atoms with Crippen LogP contribution in [0.3, 0.4) is 0 Å². The molecule has 19 heavy (non-hydrogen) atoms. The topological polar surface area (TPSA) is 29.1 Å². The zero-order valence-corrected chi connectivity index (χ0v) is 13.1. The summed E-state index contributed by atoms with van der Waals surface area (Å²) < 4.78 is 1.09. The Morgan fingerprint density at radius 3 is 2.74 bits per heavy atom. The SMILES string of the molecule is C#CC[C@@H](NC(=O)c1csc(I)c1)c1ccccc1. The highest BCUT2D eigenvalue weighted by molar-refractivity contribution is 14.1. The third-order valence-corrected chi connectivity index (χ3v) is 4.45. The van der Waals surface area contributed by atoms with Crippen LogP contribution >= 0.6 is 33.9 Å². The van der Waals surface area contributed by atoms with Crippen LogP contribution in [0.15, 0.2) is 41.8 Å². The summed E-state index contributed by atoms with van der Waals surface area (Å²) in [6.07, 6.45) is 5.87. The highest BCUT2D eigenvalue weighted by Gasteiger charge is 2.15. The Kier molecular flexibility index (Phi) is 5.00. The van der Waals surface area contributed by atoms with E-state index in [9.17, 15) is 4.79 Å². The molecule has 1 aromatic heterocycles. The number of terminal acetylenes is 1. The molecular formula is C15H12INOS. The maximum atomic E-state index is 12.1. The number of carbonyl (C=O) groups is 1. The van der Waals surface area contributed by atoms with Crippen LogP contribution < -0.4 is 5.32 Å². The van der Waals surface area contributed by atoms with Crippen LogP contribution in [0.25, 0.3) is 0 Å². The fraction of sp³-hybridized carbons (Fsp3) is 0.133. The van der Waals surface area contributed by atoms with Crippen LogP contribution in [0.5, 0.6) is 0 Å². The van der Waals surface area contributed by atoms with Crippen LogP contribution in [0.2, 0.25) is 0 Å². The average molecular weight is 381 g/mol. The molecule has 0 spiro atoms. The van der Waals surface area contributed by atoms with Crippen LogP contribution in [0.1, 0.15) is 28.4 Å². The highest BCUT2D eigenvalue weighted by Crippen LogP contribution is 2.20. The van der Waals surface area contributed by atoms with Gasteiger partial charge in [-0.25, -0.2) is 0 Å². The molecule has 0 saturated heterocycles. The molecule has 1 heterocycles. The number of nitrogens with one attached hydrogen (secondary N) is 1. The summed E-state index contributed by atoms with van der Waals surface area (Å²) in [5, 5.41) is 4.84. The molecule has 0 unspecified atom stereocenters.